The Morgan fingerprint density at radius 1 is 1.15 bits per heavy atom. The number of rotatable bonds is 1. The molecule has 4 heteroatoms. The number of esters is 1. The summed E-state index contributed by atoms with van der Waals surface area (Å²) in [6.45, 7) is 1.50. The van der Waals surface area contributed by atoms with Crippen molar-refractivity contribution >= 4 is 5.97 Å². The lowest BCUT2D eigenvalue weighted by molar-refractivity contribution is -0.250. The Balaban J connectivity index is 1.72. The summed E-state index contributed by atoms with van der Waals surface area (Å²) in [7, 11) is 0. The zero-order valence-corrected chi connectivity index (χ0v) is 11.5. The van der Waals surface area contributed by atoms with Crippen molar-refractivity contribution in [3.8, 4) is 0 Å². The number of benzene rings is 1. The van der Waals surface area contributed by atoms with Crippen LogP contribution in [0, 0.1) is 0 Å². The van der Waals surface area contributed by atoms with Gasteiger partial charge in [-0.05, 0) is 31.2 Å². The smallest absolute Gasteiger partial charge is 0.344 e. The Morgan fingerprint density at radius 2 is 1.80 bits per heavy atom. The van der Waals surface area contributed by atoms with E-state index < -0.39 is 11.8 Å². The first-order valence-corrected chi connectivity index (χ1v) is 6.97. The van der Waals surface area contributed by atoms with E-state index in [1.165, 1.54) is 12.5 Å². The monoisotopic (exact) mass is 274 g/mol. The molecule has 1 heterocycles. The number of aliphatic hydroxyl groups excluding tert-OH is 1. The van der Waals surface area contributed by atoms with Crippen molar-refractivity contribution in [1.29, 1.82) is 0 Å². The fourth-order valence-electron chi connectivity index (χ4n) is 2.93. The number of hydrogen-bond acceptors (Lipinski definition) is 4. The Labute approximate surface area is 118 Å². The van der Waals surface area contributed by atoms with Crippen LogP contribution in [0.25, 0.3) is 0 Å². The van der Waals surface area contributed by atoms with Crippen LogP contribution >= 0.6 is 0 Å². The minimum atomic E-state index is -0.966. The highest BCUT2D eigenvalue weighted by Gasteiger charge is 2.45. The minimum Gasteiger partial charge on any atom is -0.481 e. The predicted molar refractivity (Wildman–Crippen MR) is 72.9 cm³/mol. The predicted octanol–water partition coefficient (Wildman–Crippen LogP) is 3.40. The molecule has 2 aliphatic rings. The maximum atomic E-state index is 11.7. The molecule has 0 amide bonds. The van der Waals surface area contributed by atoms with Crippen LogP contribution in [0.5, 0.6) is 0 Å². The van der Waals surface area contributed by atoms with Gasteiger partial charge in [-0.3, -0.25) is 0 Å². The molecule has 0 aromatic heterocycles. The lowest BCUT2D eigenvalue weighted by atomic mass is 9.81. The summed E-state index contributed by atoms with van der Waals surface area (Å²) in [4.78, 5) is 11.7. The molecule has 0 bridgehead atoms. The van der Waals surface area contributed by atoms with E-state index in [1.807, 2.05) is 18.2 Å². The molecule has 0 radical (unpaired) electrons. The zero-order chi connectivity index (χ0) is 14.2. The lowest BCUT2D eigenvalue weighted by Gasteiger charge is -2.41. The largest absolute Gasteiger partial charge is 0.481 e. The fraction of sp³-hybridized carbons (Fsp3) is 0.438. The van der Waals surface area contributed by atoms with E-state index in [4.69, 9.17) is 9.47 Å². The van der Waals surface area contributed by atoms with E-state index in [1.54, 1.807) is 0 Å². The number of carbonyl (C=O) groups is 1. The van der Waals surface area contributed by atoms with Gasteiger partial charge in [0.15, 0.2) is 0 Å². The van der Waals surface area contributed by atoms with E-state index in [0.29, 0.717) is 18.8 Å². The SMILES string of the molecule is CC1=C(O)OC2(CCC(c3ccccc3)CC2)OC1=O. The zero-order valence-electron chi connectivity index (χ0n) is 11.5. The van der Waals surface area contributed by atoms with Crippen LogP contribution in [-0.4, -0.2) is 16.9 Å². The first-order valence-electron chi connectivity index (χ1n) is 6.97. The third-order valence-corrected chi connectivity index (χ3v) is 4.21. The molecular formula is C16H18O4. The molecule has 1 aromatic rings. The van der Waals surface area contributed by atoms with Gasteiger partial charge in [0.2, 0.25) is 0 Å². The van der Waals surface area contributed by atoms with Crippen molar-refractivity contribution in [2.75, 3.05) is 0 Å². The van der Waals surface area contributed by atoms with Crippen LogP contribution in [0.2, 0.25) is 0 Å². The van der Waals surface area contributed by atoms with E-state index in [9.17, 15) is 9.90 Å². The Hall–Kier alpha value is -1.97. The topological polar surface area (TPSA) is 55.8 Å². The molecule has 4 nitrogen and oxygen atoms in total. The molecule has 1 aliphatic heterocycles. The molecule has 1 N–H and O–H groups in total. The van der Waals surface area contributed by atoms with Gasteiger partial charge in [-0.25, -0.2) is 4.79 Å². The van der Waals surface area contributed by atoms with Crippen molar-refractivity contribution in [2.45, 2.75) is 44.3 Å². The molecule has 0 unspecified atom stereocenters. The normalized spacial score (nSPS) is 30.1. The maximum absolute atomic E-state index is 11.7. The first-order chi connectivity index (χ1) is 9.60. The van der Waals surface area contributed by atoms with Crippen LogP contribution in [0.4, 0.5) is 0 Å². The second kappa shape index (κ2) is 4.85. The maximum Gasteiger partial charge on any atom is 0.344 e. The molecule has 1 aromatic carbocycles. The summed E-state index contributed by atoms with van der Waals surface area (Å²) in [5.74, 6) is -1.28. The van der Waals surface area contributed by atoms with Crippen LogP contribution in [-0.2, 0) is 14.3 Å². The van der Waals surface area contributed by atoms with E-state index in [-0.39, 0.29) is 11.5 Å². The minimum absolute atomic E-state index is 0.140. The van der Waals surface area contributed by atoms with Crippen molar-refractivity contribution in [3.05, 3.63) is 47.4 Å². The summed E-state index contributed by atoms with van der Waals surface area (Å²) >= 11 is 0. The number of carbonyl (C=O) groups excluding carboxylic acids is 1. The van der Waals surface area contributed by atoms with Gasteiger partial charge < -0.3 is 14.6 Å². The quantitative estimate of drug-likeness (QED) is 0.797. The van der Waals surface area contributed by atoms with Gasteiger partial charge in [-0.1, -0.05) is 30.3 Å². The van der Waals surface area contributed by atoms with Gasteiger partial charge in [0, 0.05) is 12.8 Å². The molecule has 0 saturated heterocycles. The highest BCUT2D eigenvalue weighted by molar-refractivity contribution is 5.88. The van der Waals surface area contributed by atoms with Gasteiger partial charge in [-0.15, -0.1) is 0 Å². The molecule has 20 heavy (non-hydrogen) atoms. The van der Waals surface area contributed by atoms with Gasteiger partial charge >= 0.3 is 5.97 Å². The molecule has 1 saturated carbocycles. The van der Waals surface area contributed by atoms with Crippen molar-refractivity contribution in [3.63, 3.8) is 0 Å². The second-order valence-corrected chi connectivity index (χ2v) is 5.52. The van der Waals surface area contributed by atoms with Crippen LogP contribution in [0.3, 0.4) is 0 Å². The molecule has 0 atom stereocenters. The van der Waals surface area contributed by atoms with E-state index in [2.05, 4.69) is 12.1 Å². The summed E-state index contributed by atoms with van der Waals surface area (Å²) in [5.41, 5.74) is 1.45. The second-order valence-electron chi connectivity index (χ2n) is 5.52. The standard InChI is InChI=1S/C16H18O4/c1-11-14(17)19-16(20-15(11)18)9-7-13(8-10-16)12-5-3-2-4-6-12/h2-6,13,17H,7-10H2,1H3. The van der Waals surface area contributed by atoms with Gasteiger partial charge in [0.1, 0.15) is 5.57 Å². The van der Waals surface area contributed by atoms with Gasteiger partial charge in [0.05, 0.1) is 0 Å². The molecule has 1 spiro atoms. The Bertz CT molecular complexity index is 539. The molecule has 1 fully saturated rings. The molecule has 106 valence electrons. The van der Waals surface area contributed by atoms with Crippen LogP contribution in [0.1, 0.15) is 44.1 Å². The van der Waals surface area contributed by atoms with E-state index >= 15 is 0 Å². The van der Waals surface area contributed by atoms with Crippen molar-refractivity contribution in [2.24, 2.45) is 0 Å². The third kappa shape index (κ3) is 2.26. The molecule has 3 rings (SSSR count). The van der Waals surface area contributed by atoms with Crippen LogP contribution in [0.15, 0.2) is 41.9 Å². The fourth-order valence-corrected chi connectivity index (χ4v) is 2.93. The number of ether oxygens (including phenoxy) is 2. The van der Waals surface area contributed by atoms with Crippen molar-refractivity contribution < 1.29 is 19.4 Å². The van der Waals surface area contributed by atoms with Gasteiger partial charge in [-0.2, -0.15) is 0 Å². The highest BCUT2D eigenvalue weighted by Crippen LogP contribution is 2.43. The van der Waals surface area contributed by atoms with Crippen molar-refractivity contribution in [1.82, 2.24) is 0 Å². The molecule has 1 aliphatic carbocycles. The average Bonchev–Trinajstić information content (AvgIpc) is 2.46. The summed E-state index contributed by atoms with van der Waals surface area (Å²) < 4.78 is 10.9. The Kier molecular flexibility index (Phi) is 3.16. The third-order valence-electron chi connectivity index (χ3n) is 4.21. The summed E-state index contributed by atoms with van der Waals surface area (Å²) in [6.07, 6.45) is 2.97. The Morgan fingerprint density at radius 3 is 2.40 bits per heavy atom. The number of aliphatic hydroxyl groups is 1. The first kappa shape index (κ1) is 13.0. The lowest BCUT2D eigenvalue weighted by Crippen LogP contribution is -2.44. The van der Waals surface area contributed by atoms with Gasteiger partial charge in [0.25, 0.3) is 11.7 Å². The molecular weight excluding hydrogens is 256 g/mol. The highest BCUT2D eigenvalue weighted by atomic mass is 16.8. The van der Waals surface area contributed by atoms with Crippen LogP contribution < -0.4 is 0 Å². The summed E-state index contributed by atoms with van der Waals surface area (Å²) in [6, 6.07) is 10.3. The summed E-state index contributed by atoms with van der Waals surface area (Å²) in [5, 5.41) is 9.71. The average molecular weight is 274 g/mol. The number of hydrogen-bond donors (Lipinski definition) is 1. The van der Waals surface area contributed by atoms with E-state index in [0.717, 1.165) is 12.8 Å².